The Balaban J connectivity index is 1.75. The zero-order valence-corrected chi connectivity index (χ0v) is 18.2. The molecule has 2 heterocycles. The first-order valence-electron chi connectivity index (χ1n) is 10.1. The van der Waals surface area contributed by atoms with Gasteiger partial charge >= 0.3 is 0 Å². The number of hydrogen-bond acceptors (Lipinski definition) is 8. The lowest BCUT2D eigenvalue weighted by molar-refractivity contribution is 0.0720. The molecule has 0 spiro atoms. The quantitative estimate of drug-likeness (QED) is 0.453. The van der Waals surface area contributed by atoms with Crippen molar-refractivity contribution in [2.75, 3.05) is 34.4 Å². The summed E-state index contributed by atoms with van der Waals surface area (Å²) in [7, 11) is 4.63. The summed E-state index contributed by atoms with van der Waals surface area (Å²) in [4.78, 5) is 18.9. The third-order valence-electron chi connectivity index (χ3n) is 4.79. The highest BCUT2D eigenvalue weighted by atomic mass is 16.5. The number of furan rings is 1. The normalized spacial score (nSPS) is 10.7. The van der Waals surface area contributed by atoms with Gasteiger partial charge in [-0.15, -0.1) is 0 Å². The van der Waals surface area contributed by atoms with Crippen molar-refractivity contribution < 1.29 is 27.9 Å². The Morgan fingerprint density at radius 2 is 1.84 bits per heavy atom. The molecule has 0 atom stereocenters. The van der Waals surface area contributed by atoms with E-state index in [-0.39, 0.29) is 5.91 Å². The van der Waals surface area contributed by atoms with Crippen LogP contribution in [-0.4, -0.2) is 55.4 Å². The van der Waals surface area contributed by atoms with Gasteiger partial charge in [0.2, 0.25) is 17.5 Å². The second-order valence-corrected chi connectivity index (χ2v) is 6.80. The van der Waals surface area contributed by atoms with Crippen molar-refractivity contribution in [1.82, 2.24) is 15.0 Å². The molecule has 0 saturated carbocycles. The Morgan fingerprint density at radius 1 is 1.10 bits per heavy atom. The van der Waals surface area contributed by atoms with Crippen LogP contribution in [0.3, 0.4) is 0 Å². The van der Waals surface area contributed by atoms with E-state index in [0.717, 1.165) is 12.8 Å². The molecule has 0 fully saturated rings. The Kier molecular flexibility index (Phi) is 7.53. The molecule has 0 bridgehead atoms. The summed E-state index contributed by atoms with van der Waals surface area (Å²) in [6.07, 6.45) is 3.79. The maximum Gasteiger partial charge on any atom is 0.289 e. The monoisotopic (exact) mass is 429 g/mol. The average Bonchev–Trinajstić information content (AvgIpc) is 3.50. The lowest BCUT2D eigenvalue weighted by Crippen LogP contribution is -2.33. The number of ether oxygens (including phenoxy) is 3. The molecule has 0 N–H and O–H groups in total. The first-order chi connectivity index (χ1) is 15.1. The van der Waals surface area contributed by atoms with Crippen LogP contribution in [0.2, 0.25) is 0 Å². The molecule has 9 heteroatoms. The fourth-order valence-corrected chi connectivity index (χ4v) is 3.13. The molecule has 1 aromatic carbocycles. The van der Waals surface area contributed by atoms with Gasteiger partial charge in [-0.2, -0.15) is 4.98 Å². The number of benzene rings is 1. The van der Waals surface area contributed by atoms with Crippen molar-refractivity contribution in [1.29, 1.82) is 0 Å². The van der Waals surface area contributed by atoms with Crippen molar-refractivity contribution in [2.24, 2.45) is 0 Å². The summed E-state index contributed by atoms with van der Waals surface area (Å²) in [5.41, 5.74) is 0.666. The van der Waals surface area contributed by atoms with Gasteiger partial charge in [-0.3, -0.25) is 4.79 Å². The smallest absolute Gasteiger partial charge is 0.289 e. The van der Waals surface area contributed by atoms with E-state index in [0.29, 0.717) is 59.8 Å². The minimum absolute atomic E-state index is 0.150. The molecular weight excluding hydrogens is 402 g/mol. The molecule has 0 unspecified atom stereocenters. The van der Waals surface area contributed by atoms with Crippen molar-refractivity contribution in [2.45, 2.75) is 26.2 Å². The van der Waals surface area contributed by atoms with Crippen molar-refractivity contribution in [3.05, 3.63) is 42.2 Å². The Labute approximate surface area is 180 Å². The van der Waals surface area contributed by atoms with Crippen molar-refractivity contribution in [3.8, 4) is 28.6 Å². The van der Waals surface area contributed by atoms with E-state index < -0.39 is 0 Å². The van der Waals surface area contributed by atoms with Crippen LogP contribution in [0.15, 0.2) is 39.5 Å². The zero-order chi connectivity index (χ0) is 22.2. The number of amides is 1. The first kappa shape index (κ1) is 22.2. The molecule has 1 amide bonds. The molecule has 0 aliphatic rings. The maximum absolute atomic E-state index is 12.7. The summed E-state index contributed by atoms with van der Waals surface area (Å²) in [6, 6.07) is 6.87. The lowest BCUT2D eigenvalue weighted by Gasteiger charge is -2.20. The van der Waals surface area contributed by atoms with E-state index in [1.54, 1.807) is 50.5 Å². The van der Waals surface area contributed by atoms with Crippen LogP contribution < -0.4 is 14.2 Å². The van der Waals surface area contributed by atoms with E-state index in [1.807, 2.05) is 0 Å². The SMILES string of the molecule is CCCCN(CCc1nc(-c2cc(OC)c(OC)c(OC)c2)no1)C(=O)c1ccco1. The van der Waals surface area contributed by atoms with Crippen LogP contribution in [0.5, 0.6) is 17.2 Å². The lowest BCUT2D eigenvalue weighted by atomic mass is 10.1. The fraction of sp³-hybridized carbons (Fsp3) is 0.409. The molecule has 0 radical (unpaired) electrons. The van der Waals surface area contributed by atoms with Gasteiger partial charge in [0.05, 0.1) is 27.6 Å². The summed E-state index contributed by atoms with van der Waals surface area (Å²) < 4.78 is 26.8. The summed E-state index contributed by atoms with van der Waals surface area (Å²) in [5, 5.41) is 4.07. The predicted molar refractivity (Wildman–Crippen MR) is 113 cm³/mol. The molecule has 0 saturated heterocycles. The summed E-state index contributed by atoms with van der Waals surface area (Å²) >= 11 is 0. The van der Waals surface area contributed by atoms with Gasteiger partial charge in [0.25, 0.3) is 5.91 Å². The Morgan fingerprint density at radius 3 is 2.42 bits per heavy atom. The Bertz CT molecular complexity index is 958. The van der Waals surface area contributed by atoms with E-state index in [1.165, 1.54) is 6.26 Å². The van der Waals surface area contributed by atoms with E-state index >= 15 is 0 Å². The van der Waals surface area contributed by atoms with Crippen molar-refractivity contribution in [3.63, 3.8) is 0 Å². The number of carbonyl (C=O) groups is 1. The molecule has 0 aliphatic heterocycles. The van der Waals surface area contributed by atoms with Gasteiger partial charge in [0.15, 0.2) is 17.3 Å². The number of carbonyl (C=O) groups excluding carboxylic acids is 1. The largest absolute Gasteiger partial charge is 0.493 e. The predicted octanol–water partition coefficient (Wildman–Crippen LogP) is 3.84. The third kappa shape index (κ3) is 5.17. The number of methoxy groups -OCH3 is 3. The van der Waals surface area contributed by atoms with Crippen LogP contribution in [0.1, 0.15) is 36.2 Å². The topological polar surface area (TPSA) is 100 Å². The Hall–Kier alpha value is -3.49. The number of hydrogen-bond donors (Lipinski definition) is 0. The van der Waals surface area contributed by atoms with E-state index in [2.05, 4.69) is 17.1 Å². The summed E-state index contributed by atoms with van der Waals surface area (Å²) in [6.45, 7) is 3.15. The van der Waals surface area contributed by atoms with Crippen molar-refractivity contribution >= 4 is 5.91 Å². The highest BCUT2D eigenvalue weighted by Gasteiger charge is 2.20. The number of rotatable bonds is 11. The average molecular weight is 429 g/mol. The highest BCUT2D eigenvalue weighted by molar-refractivity contribution is 5.91. The summed E-state index contributed by atoms with van der Waals surface area (Å²) in [5.74, 6) is 2.48. The molecule has 9 nitrogen and oxygen atoms in total. The molecular formula is C22H27N3O6. The van der Waals surface area contributed by atoms with Crippen LogP contribution >= 0.6 is 0 Å². The molecule has 166 valence electrons. The van der Waals surface area contributed by atoms with Gasteiger partial charge in [0, 0.05) is 25.1 Å². The molecule has 3 aromatic rings. The van der Waals surface area contributed by atoms with Crippen LogP contribution in [0.4, 0.5) is 0 Å². The second kappa shape index (κ2) is 10.5. The van der Waals surface area contributed by atoms with Gasteiger partial charge in [-0.25, -0.2) is 0 Å². The highest BCUT2D eigenvalue weighted by Crippen LogP contribution is 2.40. The maximum atomic E-state index is 12.7. The molecule has 2 aromatic heterocycles. The van der Waals surface area contributed by atoms with Gasteiger partial charge in [0.1, 0.15) is 0 Å². The standard InChI is InChI=1S/C22H27N3O6/c1-5-6-10-25(22(26)16-8-7-12-30-16)11-9-19-23-21(24-31-19)15-13-17(27-2)20(29-4)18(14-15)28-3/h7-8,12-14H,5-6,9-11H2,1-4H3. The van der Waals surface area contributed by atoms with Gasteiger partial charge in [-0.1, -0.05) is 18.5 Å². The minimum Gasteiger partial charge on any atom is -0.493 e. The molecule has 3 rings (SSSR count). The minimum atomic E-state index is -0.150. The number of unbranched alkanes of at least 4 members (excludes halogenated alkanes) is 1. The third-order valence-corrected chi connectivity index (χ3v) is 4.79. The van der Waals surface area contributed by atoms with Gasteiger partial charge < -0.3 is 28.1 Å². The number of aromatic nitrogens is 2. The van der Waals surface area contributed by atoms with Gasteiger partial charge in [-0.05, 0) is 30.7 Å². The van der Waals surface area contributed by atoms with Crippen LogP contribution in [0, 0.1) is 0 Å². The second-order valence-electron chi connectivity index (χ2n) is 6.80. The van der Waals surface area contributed by atoms with Crippen LogP contribution in [-0.2, 0) is 6.42 Å². The fourth-order valence-electron chi connectivity index (χ4n) is 3.13. The first-order valence-corrected chi connectivity index (χ1v) is 10.1. The van der Waals surface area contributed by atoms with Crippen LogP contribution in [0.25, 0.3) is 11.4 Å². The van der Waals surface area contributed by atoms with E-state index in [4.69, 9.17) is 23.2 Å². The number of nitrogens with zero attached hydrogens (tertiary/aromatic N) is 3. The van der Waals surface area contributed by atoms with E-state index in [9.17, 15) is 4.79 Å². The molecule has 0 aliphatic carbocycles. The zero-order valence-electron chi connectivity index (χ0n) is 18.2. The molecule has 31 heavy (non-hydrogen) atoms.